The largest absolute Gasteiger partial charge is 0.378 e. The van der Waals surface area contributed by atoms with E-state index in [1.54, 1.807) is 0 Å². The number of rotatable bonds is 4. The van der Waals surface area contributed by atoms with Crippen LogP contribution in [-0.4, -0.2) is 43.3 Å². The molecular formula is C12H26N2O. The summed E-state index contributed by atoms with van der Waals surface area (Å²) in [4.78, 5) is 2.44. The maximum atomic E-state index is 5.98. The second-order valence-corrected chi connectivity index (χ2v) is 5.34. The minimum absolute atomic E-state index is 0.169. The van der Waals surface area contributed by atoms with Gasteiger partial charge in [-0.15, -0.1) is 0 Å². The number of nitrogens with two attached hydrogens (primary N) is 1. The molecular weight excluding hydrogens is 188 g/mol. The highest BCUT2D eigenvalue weighted by Gasteiger charge is 2.37. The van der Waals surface area contributed by atoms with E-state index in [-0.39, 0.29) is 5.54 Å². The molecule has 3 heteroatoms. The molecule has 2 atom stereocenters. The van der Waals surface area contributed by atoms with Crippen LogP contribution < -0.4 is 5.73 Å². The van der Waals surface area contributed by atoms with Gasteiger partial charge >= 0.3 is 0 Å². The Morgan fingerprint density at radius 3 is 2.67 bits per heavy atom. The molecule has 1 saturated heterocycles. The Bertz CT molecular complexity index is 196. The molecule has 0 amide bonds. The van der Waals surface area contributed by atoms with Crippen molar-refractivity contribution in [3.63, 3.8) is 0 Å². The number of ether oxygens (including phenoxy) is 1. The highest BCUT2D eigenvalue weighted by atomic mass is 16.5. The molecule has 0 aromatic rings. The van der Waals surface area contributed by atoms with E-state index >= 15 is 0 Å². The molecule has 3 nitrogen and oxygen atoms in total. The van der Waals surface area contributed by atoms with Gasteiger partial charge in [0, 0.05) is 25.2 Å². The fraction of sp³-hybridized carbons (Fsp3) is 1.00. The van der Waals surface area contributed by atoms with Gasteiger partial charge in [-0.1, -0.05) is 13.8 Å². The van der Waals surface area contributed by atoms with Gasteiger partial charge in [-0.2, -0.15) is 0 Å². The molecule has 0 aromatic carbocycles. The smallest absolute Gasteiger partial charge is 0.0565 e. The minimum atomic E-state index is 0.169. The molecule has 90 valence electrons. The summed E-state index contributed by atoms with van der Waals surface area (Å²) in [6, 6.07) is 0. The van der Waals surface area contributed by atoms with E-state index in [1.807, 2.05) is 0 Å². The Hall–Kier alpha value is -0.120. The lowest BCUT2D eigenvalue weighted by atomic mass is 9.85. The molecule has 0 bridgehead atoms. The fourth-order valence-electron chi connectivity index (χ4n) is 2.58. The van der Waals surface area contributed by atoms with Crippen molar-refractivity contribution >= 4 is 0 Å². The van der Waals surface area contributed by atoms with E-state index in [2.05, 4.69) is 32.7 Å². The third-order valence-corrected chi connectivity index (χ3v) is 3.47. The van der Waals surface area contributed by atoms with Crippen LogP contribution in [0.4, 0.5) is 0 Å². The molecule has 2 unspecified atom stereocenters. The minimum Gasteiger partial charge on any atom is -0.378 e. The second kappa shape index (κ2) is 5.28. The predicted molar refractivity (Wildman–Crippen MR) is 63.9 cm³/mol. The number of likely N-dealkylation sites (N-methyl/N-ethyl adjacent to an activating group) is 1. The van der Waals surface area contributed by atoms with Gasteiger partial charge in [0.25, 0.3) is 0 Å². The van der Waals surface area contributed by atoms with Gasteiger partial charge in [0.15, 0.2) is 0 Å². The van der Waals surface area contributed by atoms with Gasteiger partial charge in [0.05, 0.1) is 6.10 Å². The van der Waals surface area contributed by atoms with Crippen molar-refractivity contribution < 1.29 is 4.74 Å². The summed E-state index contributed by atoms with van der Waals surface area (Å²) in [5, 5.41) is 0. The van der Waals surface area contributed by atoms with Crippen LogP contribution in [0.1, 0.15) is 33.6 Å². The van der Waals surface area contributed by atoms with E-state index in [0.29, 0.717) is 12.0 Å². The first-order valence-corrected chi connectivity index (χ1v) is 6.03. The topological polar surface area (TPSA) is 38.5 Å². The van der Waals surface area contributed by atoms with Crippen molar-refractivity contribution in [2.45, 2.75) is 45.3 Å². The van der Waals surface area contributed by atoms with Crippen molar-refractivity contribution in [2.75, 3.05) is 26.7 Å². The molecule has 0 saturated carbocycles. The second-order valence-electron chi connectivity index (χ2n) is 5.34. The average molecular weight is 214 g/mol. The maximum absolute atomic E-state index is 5.98. The molecule has 0 spiro atoms. The van der Waals surface area contributed by atoms with Crippen LogP contribution in [0.15, 0.2) is 0 Å². The molecule has 2 N–H and O–H groups in total. The van der Waals surface area contributed by atoms with Crippen molar-refractivity contribution in [3.05, 3.63) is 0 Å². The van der Waals surface area contributed by atoms with Crippen LogP contribution in [0.25, 0.3) is 0 Å². The van der Waals surface area contributed by atoms with Gasteiger partial charge in [0.2, 0.25) is 0 Å². The first-order valence-electron chi connectivity index (χ1n) is 6.03. The van der Waals surface area contributed by atoms with E-state index in [1.165, 1.54) is 0 Å². The van der Waals surface area contributed by atoms with Crippen LogP contribution in [0, 0.1) is 5.92 Å². The Balaban J connectivity index is 2.65. The monoisotopic (exact) mass is 214 g/mol. The van der Waals surface area contributed by atoms with Crippen LogP contribution in [0.2, 0.25) is 0 Å². The molecule has 1 aliphatic heterocycles. The Morgan fingerprint density at radius 1 is 1.53 bits per heavy atom. The summed E-state index contributed by atoms with van der Waals surface area (Å²) in [6.07, 6.45) is 2.47. The molecule has 1 heterocycles. The van der Waals surface area contributed by atoms with Crippen molar-refractivity contribution in [1.82, 2.24) is 4.90 Å². The van der Waals surface area contributed by atoms with Gasteiger partial charge in [-0.3, -0.25) is 4.90 Å². The summed E-state index contributed by atoms with van der Waals surface area (Å²) >= 11 is 0. The quantitative estimate of drug-likeness (QED) is 0.770. The molecule has 15 heavy (non-hydrogen) atoms. The zero-order valence-corrected chi connectivity index (χ0v) is 10.6. The summed E-state index contributed by atoms with van der Waals surface area (Å²) < 4.78 is 5.61. The summed E-state index contributed by atoms with van der Waals surface area (Å²) in [5.74, 6) is 0.691. The van der Waals surface area contributed by atoms with Crippen molar-refractivity contribution in [3.8, 4) is 0 Å². The van der Waals surface area contributed by atoms with E-state index in [0.717, 1.165) is 32.5 Å². The zero-order valence-electron chi connectivity index (χ0n) is 10.6. The van der Waals surface area contributed by atoms with Gasteiger partial charge < -0.3 is 10.5 Å². The van der Waals surface area contributed by atoms with Crippen LogP contribution in [0.5, 0.6) is 0 Å². The van der Waals surface area contributed by atoms with Crippen LogP contribution in [-0.2, 0) is 4.74 Å². The van der Waals surface area contributed by atoms with Crippen molar-refractivity contribution in [1.29, 1.82) is 0 Å². The Labute approximate surface area is 94.0 Å². The first-order chi connectivity index (χ1) is 7.00. The number of nitrogens with zero attached hydrogens (tertiary/aromatic N) is 1. The average Bonchev–Trinajstić information content (AvgIpc) is 2.16. The number of hydrogen-bond donors (Lipinski definition) is 1. The summed E-state index contributed by atoms with van der Waals surface area (Å²) in [6.45, 7) is 9.36. The first kappa shape index (κ1) is 12.9. The van der Waals surface area contributed by atoms with E-state index < -0.39 is 0 Å². The maximum Gasteiger partial charge on any atom is 0.0565 e. The molecule has 1 fully saturated rings. The lowest BCUT2D eigenvalue weighted by Gasteiger charge is -2.46. The molecule has 1 rings (SSSR count). The predicted octanol–water partition coefficient (Wildman–Crippen LogP) is 1.47. The van der Waals surface area contributed by atoms with E-state index in [4.69, 9.17) is 10.5 Å². The highest BCUT2D eigenvalue weighted by Crippen LogP contribution is 2.29. The molecule has 0 aliphatic carbocycles. The fourth-order valence-corrected chi connectivity index (χ4v) is 2.58. The Kier molecular flexibility index (Phi) is 4.56. The summed E-state index contributed by atoms with van der Waals surface area (Å²) in [5.41, 5.74) is 6.15. The highest BCUT2D eigenvalue weighted by molar-refractivity contribution is 4.94. The van der Waals surface area contributed by atoms with Crippen LogP contribution in [0.3, 0.4) is 0 Å². The van der Waals surface area contributed by atoms with Gasteiger partial charge in [-0.05, 0) is 32.7 Å². The third-order valence-electron chi connectivity index (χ3n) is 3.47. The normalized spacial score (nSPS) is 32.6. The van der Waals surface area contributed by atoms with Crippen LogP contribution >= 0.6 is 0 Å². The Morgan fingerprint density at radius 2 is 2.20 bits per heavy atom. The molecule has 1 aliphatic rings. The van der Waals surface area contributed by atoms with E-state index in [9.17, 15) is 0 Å². The third kappa shape index (κ3) is 3.16. The van der Waals surface area contributed by atoms with Gasteiger partial charge in [0.1, 0.15) is 0 Å². The zero-order chi connectivity index (χ0) is 11.5. The van der Waals surface area contributed by atoms with Crippen molar-refractivity contribution in [2.24, 2.45) is 11.7 Å². The lowest BCUT2D eigenvalue weighted by molar-refractivity contribution is -0.0584. The summed E-state index contributed by atoms with van der Waals surface area (Å²) in [7, 11) is 2.20. The van der Waals surface area contributed by atoms with Gasteiger partial charge in [-0.25, -0.2) is 0 Å². The number of hydrogen-bond acceptors (Lipinski definition) is 3. The standard InChI is InChI=1S/C12H26N2O/c1-10(2)8-14(4)12(9-13)5-6-15-11(3)7-12/h10-11H,5-9,13H2,1-4H3. The molecule has 0 aromatic heterocycles. The molecule has 0 radical (unpaired) electrons. The lowest BCUT2D eigenvalue weighted by Crippen LogP contribution is -2.57. The SMILES string of the molecule is CC(C)CN(C)C1(CN)CCOC(C)C1.